The summed E-state index contributed by atoms with van der Waals surface area (Å²) in [5.41, 5.74) is 1.08. The van der Waals surface area contributed by atoms with Crippen molar-refractivity contribution < 1.29 is 9.47 Å². The smallest absolute Gasteiger partial charge is 0.191 e. The maximum atomic E-state index is 5.76. The SMILES string of the molecule is CN=C(NCCOc1ccccc1C)NCC1(C)CCCO1.I. The minimum Gasteiger partial charge on any atom is -0.491 e. The Kier molecular flexibility index (Phi) is 8.68. The van der Waals surface area contributed by atoms with E-state index in [-0.39, 0.29) is 29.6 Å². The highest BCUT2D eigenvalue weighted by Crippen LogP contribution is 2.23. The highest BCUT2D eigenvalue weighted by atomic mass is 127. The molecule has 0 aliphatic carbocycles. The summed E-state index contributed by atoms with van der Waals surface area (Å²) in [6, 6.07) is 8.03. The highest BCUT2D eigenvalue weighted by Gasteiger charge is 2.29. The number of rotatable bonds is 6. The molecule has 1 aromatic rings. The summed E-state index contributed by atoms with van der Waals surface area (Å²) >= 11 is 0. The third kappa shape index (κ3) is 6.55. The van der Waals surface area contributed by atoms with E-state index in [1.54, 1.807) is 7.05 Å². The first kappa shape index (κ1) is 20.0. The van der Waals surface area contributed by atoms with E-state index in [0.29, 0.717) is 13.2 Å². The van der Waals surface area contributed by atoms with Crippen LogP contribution in [0.15, 0.2) is 29.3 Å². The van der Waals surface area contributed by atoms with Crippen LogP contribution in [0.3, 0.4) is 0 Å². The van der Waals surface area contributed by atoms with Gasteiger partial charge in [0.1, 0.15) is 12.4 Å². The molecule has 1 fully saturated rings. The number of nitrogens with zero attached hydrogens (tertiary/aromatic N) is 1. The Morgan fingerprint density at radius 1 is 1.35 bits per heavy atom. The largest absolute Gasteiger partial charge is 0.491 e. The number of hydrogen-bond donors (Lipinski definition) is 2. The van der Waals surface area contributed by atoms with Gasteiger partial charge >= 0.3 is 0 Å². The molecule has 0 saturated carbocycles. The van der Waals surface area contributed by atoms with E-state index < -0.39 is 0 Å². The molecule has 1 aromatic carbocycles. The molecule has 0 amide bonds. The molecule has 6 heteroatoms. The lowest BCUT2D eigenvalue weighted by Gasteiger charge is -2.24. The second kappa shape index (κ2) is 9.97. The lowest BCUT2D eigenvalue weighted by molar-refractivity contribution is 0.0243. The van der Waals surface area contributed by atoms with Gasteiger partial charge in [-0.05, 0) is 38.3 Å². The number of aryl methyl sites for hydroxylation is 1. The van der Waals surface area contributed by atoms with Crippen molar-refractivity contribution in [2.75, 3.05) is 33.4 Å². The highest BCUT2D eigenvalue weighted by molar-refractivity contribution is 14.0. The van der Waals surface area contributed by atoms with E-state index in [2.05, 4.69) is 22.5 Å². The van der Waals surface area contributed by atoms with E-state index in [1.807, 2.05) is 31.2 Å². The average Bonchev–Trinajstić information content (AvgIpc) is 2.95. The summed E-state index contributed by atoms with van der Waals surface area (Å²) in [7, 11) is 1.77. The Labute approximate surface area is 156 Å². The van der Waals surface area contributed by atoms with E-state index in [9.17, 15) is 0 Å². The molecule has 0 spiro atoms. The van der Waals surface area contributed by atoms with Crippen molar-refractivity contribution in [1.29, 1.82) is 0 Å². The molecule has 23 heavy (non-hydrogen) atoms. The van der Waals surface area contributed by atoms with E-state index in [4.69, 9.17) is 9.47 Å². The van der Waals surface area contributed by atoms with Crippen LogP contribution < -0.4 is 15.4 Å². The number of nitrogens with one attached hydrogen (secondary N) is 2. The first-order chi connectivity index (χ1) is 10.6. The van der Waals surface area contributed by atoms with Gasteiger partial charge in [0.15, 0.2) is 5.96 Å². The normalized spacial score (nSPS) is 20.7. The number of hydrogen-bond acceptors (Lipinski definition) is 3. The summed E-state index contributed by atoms with van der Waals surface area (Å²) < 4.78 is 11.5. The van der Waals surface area contributed by atoms with Gasteiger partial charge in [0.2, 0.25) is 0 Å². The fourth-order valence-electron chi connectivity index (χ4n) is 2.52. The lowest BCUT2D eigenvalue weighted by Crippen LogP contribution is -2.46. The van der Waals surface area contributed by atoms with Crippen molar-refractivity contribution >= 4 is 29.9 Å². The van der Waals surface area contributed by atoms with Crippen LogP contribution in [0.4, 0.5) is 0 Å². The van der Waals surface area contributed by atoms with Gasteiger partial charge in [0.25, 0.3) is 0 Å². The Morgan fingerprint density at radius 3 is 2.78 bits per heavy atom. The minimum atomic E-state index is -0.0741. The first-order valence-electron chi connectivity index (χ1n) is 7.90. The van der Waals surface area contributed by atoms with Crippen molar-refractivity contribution in [3.05, 3.63) is 29.8 Å². The minimum absolute atomic E-state index is 0. The van der Waals surface area contributed by atoms with Gasteiger partial charge in [-0.2, -0.15) is 0 Å². The summed E-state index contributed by atoms with van der Waals surface area (Å²) in [4.78, 5) is 4.23. The zero-order valence-corrected chi connectivity index (χ0v) is 16.6. The lowest BCUT2D eigenvalue weighted by atomic mass is 10.0. The zero-order chi connectivity index (χ0) is 15.8. The second-order valence-corrected chi connectivity index (χ2v) is 5.87. The molecule has 1 saturated heterocycles. The van der Waals surface area contributed by atoms with Crippen LogP contribution in [0.2, 0.25) is 0 Å². The summed E-state index contributed by atoms with van der Waals surface area (Å²) in [5, 5.41) is 6.58. The maximum Gasteiger partial charge on any atom is 0.191 e. The third-order valence-electron chi connectivity index (χ3n) is 3.90. The number of ether oxygens (including phenoxy) is 2. The van der Waals surface area contributed by atoms with Gasteiger partial charge in [-0.25, -0.2) is 0 Å². The van der Waals surface area contributed by atoms with Gasteiger partial charge < -0.3 is 20.1 Å². The fraction of sp³-hybridized carbons (Fsp3) is 0.588. The van der Waals surface area contributed by atoms with Gasteiger partial charge in [-0.15, -0.1) is 24.0 Å². The zero-order valence-electron chi connectivity index (χ0n) is 14.2. The number of para-hydroxylation sites is 1. The summed E-state index contributed by atoms with van der Waals surface area (Å²) in [5.74, 6) is 1.71. The third-order valence-corrected chi connectivity index (χ3v) is 3.90. The van der Waals surface area contributed by atoms with Gasteiger partial charge in [-0.1, -0.05) is 18.2 Å². The molecule has 5 nitrogen and oxygen atoms in total. The number of guanidine groups is 1. The molecule has 0 bridgehead atoms. The molecule has 2 rings (SSSR count). The van der Waals surface area contributed by atoms with Crippen molar-refractivity contribution in [2.24, 2.45) is 4.99 Å². The molecule has 0 aromatic heterocycles. The molecule has 1 aliphatic heterocycles. The van der Waals surface area contributed by atoms with Crippen LogP contribution in [-0.4, -0.2) is 44.9 Å². The summed E-state index contributed by atoms with van der Waals surface area (Å²) in [6.45, 7) is 7.11. The first-order valence-corrected chi connectivity index (χ1v) is 7.90. The van der Waals surface area contributed by atoms with Crippen LogP contribution in [0.25, 0.3) is 0 Å². The summed E-state index contributed by atoms with van der Waals surface area (Å²) in [6.07, 6.45) is 2.22. The van der Waals surface area contributed by atoms with Crippen LogP contribution in [-0.2, 0) is 4.74 Å². The average molecular weight is 433 g/mol. The standard InChI is InChI=1S/C17H27N3O2.HI/c1-14-7-4-5-8-15(14)21-12-10-19-16(18-3)20-13-17(2)9-6-11-22-17;/h4-5,7-8H,6,9-13H2,1-3H3,(H2,18,19,20);1H. The van der Waals surface area contributed by atoms with Crippen molar-refractivity contribution in [2.45, 2.75) is 32.3 Å². The quantitative estimate of drug-likeness (QED) is 0.314. The number of benzene rings is 1. The second-order valence-electron chi connectivity index (χ2n) is 5.87. The van der Waals surface area contributed by atoms with Crippen LogP contribution in [0.5, 0.6) is 5.75 Å². The topological polar surface area (TPSA) is 54.9 Å². The molecule has 1 unspecified atom stereocenters. The Morgan fingerprint density at radius 2 is 2.13 bits per heavy atom. The number of halogens is 1. The Hall–Kier alpha value is -1.02. The molecule has 1 atom stereocenters. The van der Waals surface area contributed by atoms with Crippen molar-refractivity contribution in [3.63, 3.8) is 0 Å². The van der Waals surface area contributed by atoms with Crippen molar-refractivity contribution in [1.82, 2.24) is 10.6 Å². The molecular weight excluding hydrogens is 405 g/mol. The molecule has 1 aliphatic rings. The predicted octanol–water partition coefficient (Wildman–Crippen LogP) is 2.73. The molecular formula is C17H28IN3O2. The molecule has 0 radical (unpaired) electrons. The van der Waals surface area contributed by atoms with Crippen LogP contribution >= 0.6 is 24.0 Å². The maximum absolute atomic E-state index is 5.76. The monoisotopic (exact) mass is 433 g/mol. The van der Waals surface area contributed by atoms with Gasteiger partial charge in [-0.3, -0.25) is 4.99 Å². The van der Waals surface area contributed by atoms with Gasteiger partial charge in [0, 0.05) is 20.2 Å². The fourth-order valence-corrected chi connectivity index (χ4v) is 2.52. The molecule has 2 N–H and O–H groups in total. The van der Waals surface area contributed by atoms with E-state index in [1.165, 1.54) is 0 Å². The van der Waals surface area contributed by atoms with Gasteiger partial charge in [0.05, 0.1) is 12.1 Å². The Balaban J connectivity index is 0.00000264. The van der Waals surface area contributed by atoms with Crippen molar-refractivity contribution in [3.8, 4) is 5.75 Å². The molecule has 130 valence electrons. The Bertz CT molecular complexity index is 502. The van der Waals surface area contributed by atoms with Crippen LogP contribution in [0, 0.1) is 6.92 Å². The molecule has 1 heterocycles. The van der Waals surface area contributed by atoms with E-state index >= 15 is 0 Å². The van der Waals surface area contributed by atoms with Crippen LogP contribution in [0.1, 0.15) is 25.3 Å². The number of aliphatic imine (C=N–C) groups is 1. The van der Waals surface area contributed by atoms with E-state index in [0.717, 1.165) is 43.3 Å². The predicted molar refractivity (Wildman–Crippen MR) is 105 cm³/mol.